The molecule has 2 nitrogen and oxygen atoms in total. The van der Waals surface area contributed by atoms with Crippen molar-refractivity contribution in [3.05, 3.63) is 35.6 Å². The highest BCUT2D eigenvalue weighted by atomic mass is 19.1. The first kappa shape index (κ1) is 15.5. The molecular formula is C17H27FN2. The predicted octanol–water partition coefficient (Wildman–Crippen LogP) is 3.73. The summed E-state index contributed by atoms with van der Waals surface area (Å²) < 4.78 is 12.9. The van der Waals surface area contributed by atoms with Gasteiger partial charge in [0.15, 0.2) is 0 Å². The number of likely N-dealkylation sites (tertiary alicyclic amines) is 1. The molecule has 1 heterocycles. The highest BCUT2D eigenvalue weighted by molar-refractivity contribution is 5.19. The van der Waals surface area contributed by atoms with Crippen molar-refractivity contribution in [3.8, 4) is 0 Å². The molecule has 0 bridgehead atoms. The Labute approximate surface area is 122 Å². The maximum Gasteiger partial charge on any atom is 0.123 e. The van der Waals surface area contributed by atoms with Gasteiger partial charge in [0.25, 0.3) is 0 Å². The second-order valence-electron chi connectivity index (χ2n) is 5.99. The topological polar surface area (TPSA) is 29.3 Å². The third-order valence-corrected chi connectivity index (χ3v) is 4.57. The van der Waals surface area contributed by atoms with Crippen LogP contribution in [-0.2, 0) is 0 Å². The van der Waals surface area contributed by atoms with E-state index in [0.717, 1.165) is 24.4 Å². The number of halogens is 1. The van der Waals surface area contributed by atoms with E-state index in [2.05, 4.69) is 11.8 Å². The van der Waals surface area contributed by atoms with E-state index in [0.29, 0.717) is 0 Å². The maximum absolute atomic E-state index is 12.9. The molecule has 2 N–H and O–H groups in total. The Hall–Kier alpha value is -0.930. The first-order valence-electron chi connectivity index (χ1n) is 7.92. The van der Waals surface area contributed by atoms with E-state index in [1.165, 1.54) is 50.9 Å². The van der Waals surface area contributed by atoms with E-state index in [1.807, 2.05) is 0 Å². The maximum atomic E-state index is 12.9. The summed E-state index contributed by atoms with van der Waals surface area (Å²) in [5.41, 5.74) is 7.24. The molecule has 0 amide bonds. The van der Waals surface area contributed by atoms with Gasteiger partial charge >= 0.3 is 0 Å². The molecule has 2 rings (SSSR count). The number of nitrogens with zero attached hydrogens (tertiary/aromatic N) is 1. The molecule has 2 atom stereocenters. The fraction of sp³-hybridized carbons (Fsp3) is 0.647. The smallest absolute Gasteiger partial charge is 0.123 e. The van der Waals surface area contributed by atoms with Crippen molar-refractivity contribution >= 4 is 0 Å². The van der Waals surface area contributed by atoms with E-state index >= 15 is 0 Å². The van der Waals surface area contributed by atoms with Gasteiger partial charge in [-0.3, -0.25) is 0 Å². The van der Waals surface area contributed by atoms with Gasteiger partial charge in [-0.25, -0.2) is 4.39 Å². The normalized spacial score (nSPS) is 22.4. The van der Waals surface area contributed by atoms with Crippen molar-refractivity contribution in [2.24, 2.45) is 11.7 Å². The van der Waals surface area contributed by atoms with E-state index < -0.39 is 0 Å². The summed E-state index contributed by atoms with van der Waals surface area (Å²) >= 11 is 0. The van der Waals surface area contributed by atoms with Gasteiger partial charge in [0.1, 0.15) is 5.82 Å². The summed E-state index contributed by atoms with van der Waals surface area (Å²) in [5.74, 6) is 0.713. The standard InChI is InChI=1S/C17H27FN2/c1-2-14-4-3-11-20(12-9-14)13-10-17(19)15-5-7-16(18)8-6-15/h5-8,14,17H,2-4,9-13,19H2,1H3. The fourth-order valence-electron chi connectivity index (χ4n) is 3.06. The van der Waals surface area contributed by atoms with Crippen LogP contribution in [0.25, 0.3) is 0 Å². The molecule has 1 saturated heterocycles. The summed E-state index contributed by atoms with van der Waals surface area (Å²) in [6.07, 6.45) is 6.26. The van der Waals surface area contributed by atoms with Crippen LogP contribution in [0.3, 0.4) is 0 Å². The van der Waals surface area contributed by atoms with Crippen molar-refractivity contribution in [3.63, 3.8) is 0 Å². The zero-order valence-electron chi connectivity index (χ0n) is 12.5. The zero-order chi connectivity index (χ0) is 14.4. The third-order valence-electron chi connectivity index (χ3n) is 4.57. The lowest BCUT2D eigenvalue weighted by Crippen LogP contribution is -2.28. The number of rotatable bonds is 5. The summed E-state index contributed by atoms with van der Waals surface area (Å²) in [4.78, 5) is 2.54. The number of hydrogen-bond acceptors (Lipinski definition) is 2. The summed E-state index contributed by atoms with van der Waals surface area (Å²) in [7, 11) is 0. The summed E-state index contributed by atoms with van der Waals surface area (Å²) in [6.45, 7) is 5.75. The van der Waals surface area contributed by atoms with Crippen LogP contribution in [0.4, 0.5) is 4.39 Å². The molecule has 0 radical (unpaired) electrons. The number of hydrogen-bond donors (Lipinski definition) is 1. The minimum absolute atomic E-state index is 0.0147. The van der Waals surface area contributed by atoms with E-state index in [-0.39, 0.29) is 11.9 Å². The number of nitrogens with two attached hydrogens (primary N) is 1. The quantitative estimate of drug-likeness (QED) is 0.889. The van der Waals surface area contributed by atoms with Crippen LogP contribution >= 0.6 is 0 Å². The van der Waals surface area contributed by atoms with Gasteiger partial charge in [-0.2, -0.15) is 0 Å². The van der Waals surface area contributed by atoms with Crippen LogP contribution in [0.1, 0.15) is 50.6 Å². The molecular weight excluding hydrogens is 251 g/mol. The van der Waals surface area contributed by atoms with Crippen LogP contribution in [-0.4, -0.2) is 24.5 Å². The van der Waals surface area contributed by atoms with Crippen molar-refractivity contribution in [1.82, 2.24) is 4.90 Å². The Morgan fingerprint density at radius 2 is 2.00 bits per heavy atom. The second kappa shape index (κ2) is 7.75. The van der Waals surface area contributed by atoms with Crippen LogP contribution < -0.4 is 5.73 Å². The van der Waals surface area contributed by atoms with Gasteiger partial charge in [0, 0.05) is 6.04 Å². The van der Waals surface area contributed by atoms with Crippen molar-refractivity contribution in [1.29, 1.82) is 0 Å². The van der Waals surface area contributed by atoms with Gasteiger partial charge in [-0.15, -0.1) is 0 Å². The highest BCUT2D eigenvalue weighted by Crippen LogP contribution is 2.21. The zero-order valence-corrected chi connectivity index (χ0v) is 12.5. The van der Waals surface area contributed by atoms with Gasteiger partial charge in [-0.1, -0.05) is 25.5 Å². The largest absolute Gasteiger partial charge is 0.324 e. The Morgan fingerprint density at radius 3 is 2.70 bits per heavy atom. The van der Waals surface area contributed by atoms with E-state index in [9.17, 15) is 4.39 Å². The first-order chi connectivity index (χ1) is 9.69. The molecule has 1 fully saturated rings. The molecule has 0 saturated carbocycles. The second-order valence-corrected chi connectivity index (χ2v) is 5.99. The molecule has 3 heteroatoms. The molecule has 2 unspecified atom stereocenters. The minimum atomic E-state index is -0.195. The van der Waals surface area contributed by atoms with Crippen molar-refractivity contribution in [2.45, 2.75) is 45.1 Å². The highest BCUT2D eigenvalue weighted by Gasteiger charge is 2.16. The third kappa shape index (κ3) is 4.57. The molecule has 112 valence electrons. The Bertz CT molecular complexity index is 390. The SMILES string of the molecule is CCC1CCCN(CCC(N)c2ccc(F)cc2)CC1. The molecule has 0 aromatic heterocycles. The monoisotopic (exact) mass is 278 g/mol. The van der Waals surface area contributed by atoms with Crippen LogP contribution in [0.15, 0.2) is 24.3 Å². The van der Waals surface area contributed by atoms with Crippen molar-refractivity contribution in [2.75, 3.05) is 19.6 Å². The fourth-order valence-corrected chi connectivity index (χ4v) is 3.06. The Morgan fingerprint density at radius 1 is 1.25 bits per heavy atom. The molecule has 0 spiro atoms. The predicted molar refractivity (Wildman–Crippen MR) is 82.0 cm³/mol. The van der Waals surface area contributed by atoms with E-state index in [1.54, 1.807) is 12.1 Å². The molecule has 1 aliphatic heterocycles. The van der Waals surface area contributed by atoms with Gasteiger partial charge < -0.3 is 10.6 Å². The Kier molecular flexibility index (Phi) is 5.99. The first-order valence-corrected chi connectivity index (χ1v) is 7.92. The Balaban J connectivity index is 1.78. The van der Waals surface area contributed by atoms with Crippen molar-refractivity contribution < 1.29 is 4.39 Å². The average molecular weight is 278 g/mol. The van der Waals surface area contributed by atoms with Crippen LogP contribution in [0, 0.1) is 11.7 Å². The molecule has 1 aromatic rings. The molecule has 0 aliphatic carbocycles. The minimum Gasteiger partial charge on any atom is -0.324 e. The molecule has 1 aliphatic rings. The van der Waals surface area contributed by atoms with Gasteiger partial charge in [0.05, 0.1) is 0 Å². The number of benzene rings is 1. The lowest BCUT2D eigenvalue weighted by atomic mass is 9.98. The van der Waals surface area contributed by atoms with Crippen LogP contribution in [0.5, 0.6) is 0 Å². The summed E-state index contributed by atoms with van der Waals surface area (Å²) in [5, 5.41) is 0. The van der Waals surface area contributed by atoms with E-state index in [4.69, 9.17) is 5.73 Å². The van der Waals surface area contributed by atoms with Crippen LogP contribution in [0.2, 0.25) is 0 Å². The summed E-state index contributed by atoms with van der Waals surface area (Å²) in [6, 6.07) is 6.60. The average Bonchev–Trinajstić information content (AvgIpc) is 2.70. The van der Waals surface area contributed by atoms with Gasteiger partial charge in [0.2, 0.25) is 0 Å². The lowest BCUT2D eigenvalue weighted by Gasteiger charge is -2.22. The molecule has 20 heavy (non-hydrogen) atoms. The molecule has 1 aromatic carbocycles. The lowest BCUT2D eigenvalue weighted by molar-refractivity contribution is 0.269. The van der Waals surface area contributed by atoms with Gasteiger partial charge in [-0.05, 0) is 68.9 Å².